The minimum atomic E-state index is -5.21. The Hall–Kier alpha value is -0.500. The predicted octanol–water partition coefficient (Wildman–Crippen LogP) is 3.91. The summed E-state index contributed by atoms with van der Waals surface area (Å²) >= 11 is 0. The average Bonchev–Trinajstić information content (AvgIpc) is 2.80. The zero-order valence-electron chi connectivity index (χ0n) is 13.5. The van der Waals surface area contributed by atoms with E-state index in [-0.39, 0.29) is 23.7 Å². The van der Waals surface area contributed by atoms with E-state index in [1.165, 1.54) is 0 Å². The Bertz CT molecular complexity index is 474. The van der Waals surface area contributed by atoms with E-state index in [1.807, 2.05) is 13.8 Å². The van der Waals surface area contributed by atoms with Gasteiger partial charge in [0.1, 0.15) is 0 Å². The molecule has 2 nitrogen and oxygen atoms in total. The molecule has 8 atom stereocenters. The topological polar surface area (TPSA) is 40.5 Å². The van der Waals surface area contributed by atoms with Gasteiger partial charge in [-0.15, -0.1) is 0 Å². The molecule has 0 spiro atoms. The number of rotatable bonds is 0. The van der Waals surface area contributed by atoms with Crippen molar-refractivity contribution in [2.75, 3.05) is 0 Å². The first-order chi connectivity index (χ1) is 10.7. The third-order valence-electron chi connectivity index (χ3n) is 7.16. The fourth-order valence-electron chi connectivity index (χ4n) is 5.73. The molecular formula is C16H22F6O2. The Kier molecular flexibility index (Phi) is 3.83. The van der Waals surface area contributed by atoms with Crippen molar-refractivity contribution in [3.63, 3.8) is 0 Å². The number of alkyl halides is 6. The van der Waals surface area contributed by atoms with Crippen LogP contribution in [0.15, 0.2) is 0 Å². The van der Waals surface area contributed by atoms with Crippen LogP contribution in [-0.2, 0) is 0 Å². The van der Waals surface area contributed by atoms with Crippen molar-refractivity contribution in [2.45, 2.75) is 63.1 Å². The zero-order chi connectivity index (χ0) is 18.3. The summed E-state index contributed by atoms with van der Waals surface area (Å²) in [6.45, 7) is 3.83. The molecule has 8 unspecified atom stereocenters. The number of hydrogen-bond acceptors (Lipinski definition) is 2. The van der Waals surface area contributed by atoms with E-state index in [0.29, 0.717) is 6.42 Å². The second-order valence-corrected chi connectivity index (χ2v) is 8.25. The van der Waals surface area contributed by atoms with Gasteiger partial charge in [-0.05, 0) is 54.8 Å². The number of aliphatic hydroxyl groups is 2. The number of fused-ring (bicyclic) bond motifs is 5. The third kappa shape index (κ3) is 2.39. The Labute approximate surface area is 136 Å². The molecule has 0 aromatic carbocycles. The number of hydrogen-bond donors (Lipinski definition) is 2. The monoisotopic (exact) mass is 360 g/mol. The van der Waals surface area contributed by atoms with Gasteiger partial charge in [-0.3, -0.25) is 0 Å². The lowest BCUT2D eigenvalue weighted by atomic mass is 9.66. The van der Waals surface area contributed by atoms with Gasteiger partial charge in [0.2, 0.25) is 0 Å². The van der Waals surface area contributed by atoms with Gasteiger partial charge in [-0.2, -0.15) is 26.3 Å². The van der Waals surface area contributed by atoms with Crippen molar-refractivity contribution in [1.29, 1.82) is 0 Å². The summed E-state index contributed by atoms with van der Waals surface area (Å²) in [5.41, 5.74) is -7.02. The highest BCUT2D eigenvalue weighted by atomic mass is 19.4. The van der Waals surface area contributed by atoms with Crippen LogP contribution in [0.2, 0.25) is 0 Å². The summed E-state index contributed by atoms with van der Waals surface area (Å²) in [5, 5.41) is 20.3. The average molecular weight is 360 g/mol. The van der Waals surface area contributed by atoms with Crippen LogP contribution < -0.4 is 0 Å². The van der Waals surface area contributed by atoms with Gasteiger partial charge in [0.25, 0.3) is 0 Å². The maximum absolute atomic E-state index is 13.4. The molecule has 0 heterocycles. The van der Waals surface area contributed by atoms with Crippen molar-refractivity contribution < 1.29 is 36.6 Å². The molecule has 8 heteroatoms. The SMILES string of the molecule is CC1C(C)C2CC1C1CC(O)(C(F)(F)F)CC(O)(C(F)(F)F)CC21. The van der Waals surface area contributed by atoms with Crippen LogP contribution in [0.5, 0.6) is 0 Å². The fourth-order valence-corrected chi connectivity index (χ4v) is 5.73. The van der Waals surface area contributed by atoms with Gasteiger partial charge in [-0.1, -0.05) is 13.8 Å². The lowest BCUT2D eigenvalue weighted by Gasteiger charge is -2.40. The third-order valence-corrected chi connectivity index (χ3v) is 7.16. The molecule has 0 radical (unpaired) electrons. The van der Waals surface area contributed by atoms with E-state index in [1.54, 1.807) is 0 Å². The Morgan fingerprint density at radius 1 is 0.708 bits per heavy atom. The molecule has 3 aliphatic rings. The van der Waals surface area contributed by atoms with E-state index in [2.05, 4.69) is 0 Å². The Morgan fingerprint density at radius 2 is 1.04 bits per heavy atom. The number of halogens is 6. The highest BCUT2D eigenvalue weighted by Gasteiger charge is 2.70. The van der Waals surface area contributed by atoms with Gasteiger partial charge in [0, 0.05) is 6.42 Å². The molecule has 2 bridgehead atoms. The summed E-state index contributed by atoms with van der Waals surface area (Å²) in [6.07, 6.45) is -13.1. The van der Waals surface area contributed by atoms with Crippen LogP contribution in [0.4, 0.5) is 26.3 Å². The molecule has 3 saturated carbocycles. The van der Waals surface area contributed by atoms with Gasteiger partial charge in [0.05, 0.1) is 0 Å². The van der Waals surface area contributed by atoms with Gasteiger partial charge in [0.15, 0.2) is 11.2 Å². The first-order valence-electron chi connectivity index (χ1n) is 8.28. The van der Waals surface area contributed by atoms with E-state index in [4.69, 9.17) is 0 Å². The summed E-state index contributed by atoms with van der Waals surface area (Å²) in [7, 11) is 0. The molecule has 140 valence electrons. The highest BCUT2D eigenvalue weighted by Crippen LogP contribution is 2.65. The molecule has 2 N–H and O–H groups in total. The van der Waals surface area contributed by atoms with Crippen LogP contribution in [0.1, 0.15) is 39.5 Å². The minimum absolute atomic E-state index is 0.116. The summed E-state index contributed by atoms with van der Waals surface area (Å²) < 4.78 is 80.3. The second kappa shape index (κ2) is 5.02. The Morgan fingerprint density at radius 3 is 1.33 bits per heavy atom. The smallest absolute Gasteiger partial charge is 0.380 e. The van der Waals surface area contributed by atoms with Crippen LogP contribution in [-0.4, -0.2) is 33.8 Å². The molecule has 0 aromatic rings. The van der Waals surface area contributed by atoms with Crippen molar-refractivity contribution in [3.8, 4) is 0 Å². The highest BCUT2D eigenvalue weighted by molar-refractivity contribution is 5.12. The van der Waals surface area contributed by atoms with Crippen molar-refractivity contribution in [3.05, 3.63) is 0 Å². The maximum atomic E-state index is 13.4. The van der Waals surface area contributed by atoms with Crippen molar-refractivity contribution in [2.24, 2.45) is 35.5 Å². The largest absolute Gasteiger partial charge is 0.417 e. The molecule has 0 aromatic heterocycles. The first kappa shape index (κ1) is 18.3. The predicted molar refractivity (Wildman–Crippen MR) is 72.8 cm³/mol. The van der Waals surface area contributed by atoms with Crippen LogP contribution >= 0.6 is 0 Å². The molecule has 3 aliphatic carbocycles. The quantitative estimate of drug-likeness (QED) is 0.643. The first-order valence-corrected chi connectivity index (χ1v) is 8.28. The molecular weight excluding hydrogens is 338 g/mol. The van der Waals surface area contributed by atoms with Gasteiger partial charge < -0.3 is 10.2 Å². The molecule has 3 rings (SSSR count). The van der Waals surface area contributed by atoms with E-state index < -0.39 is 54.7 Å². The lowest BCUT2D eigenvalue weighted by Crippen LogP contribution is -2.55. The standard InChI is InChI=1S/C16H22F6O2/c1-7-8(2)10-3-9(7)11-4-13(23,15(17,18)19)6-14(24,5-12(10)11)16(20,21)22/h7-12,23-24H,3-6H2,1-2H3. The van der Waals surface area contributed by atoms with Gasteiger partial charge >= 0.3 is 12.4 Å². The second-order valence-electron chi connectivity index (χ2n) is 8.25. The Balaban J connectivity index is 2.05. The van der Waals surface area contributed by atoms with E-state index in [0.717, 1.165) is 0 Å². The molecule has 3 fully saturated rings. The maximum Gasteiger partial charge on any atom is 0.417 e. The van der Waals surface area contributed by atoms with Crippen molar-refractivity contribution >= 4 is 0 Å². The zero-order valence-corrected chi connectivity index (χ0v) is 13.5. The fraction of sp³-hybridized carbons (Fsp3) is 1.00. The van der Waals surface area contributed by atoms with Crippen LogP contribution in [0.25, 0.3) is 0 Å². The molecule has 24 heavy (non-hydrogen) atoms. The minimum Gasteiger partial charge on any atom is -0.380 e. The van der Waals surface area contributed by atoms with E-state index in [9.17, 15) is 36.6 Å². The van der Waals surface area contributed by atoms with E-state index >= 15 is 0 Å². The van der Waals surface area contributed by atoms with Crippen LogP contribution in [0, 0.1) is 35.5 Å². The normalized spacial score (nSPS) is 52.2. The van der Waals surface area contributed by atoms with Gasteiger partial charge in [-0.25, -0.2) is 0 Å². The van der Waals surface area contributed by atoms with Crippen molar-refractivity contribution in [1.82, 2.24) is 0 Å². The summed E-state index contributed by atoms with van der Waals surface area (Å²) in [5.74, 6) is -1.29. The summed E-state index contributed by atoms with van der Waals surface area (Å²) in [4.78, 5) is 0. The van der Waals surface area contributed by atoms with Crippen LogP contribution in [0.3, 0.4) is 0 Å². The molecule has 0 aliphatic heterocycles. The molecule has 0 saturated heterocycles. The lowest BCUT2D eigenvalue weighted by molar-refractivity contribution is -0.315. The molecule has 0 amide bonds. The summed E-state index contributed by atoms with van der Waals surface area (Å²) in [6, 6.07) is 0.